The maximum atomic E-state index is 12.9. The van der Waals surface area contributed by atoms with Gasteiger partial charge in [-0.05, 0) is 56.2 Å². The number of ether oxygens (including phenoxy) is 1. The highest BCUT2D eigenvalue weighted by Crippen LogP contribution is 2.31. The molecular formula is C27H31NO2. The SMILES string of the molecule is CC1(C)CC(OC(=O)c2ccc3cc(C4C=CC=CC=C4)ccc3c2)CC(C)(C)N1. The van der Waals surface area contributed by atoms with Gasteiger partial charge in [-0.2, -0.15) is 0 Å². The van der Waals surface area contributed by atoms with Gasteiger partial charge in [-0.25, -0.2) is 4.79 Å². The fraction of sp³-hybridized carbons (Fsp3) is 0.370. The first-order valence-electron chi connectivity index (χ1n) is 10.8. The lowest BCUT2D eigenvalue weighted by molar-refractivity contribution is -0.00636. The fourth-order valence-corrected chi connectivity index (χ4v) is 4.91. The van der Waals surface area contributed by atoms with E-state index in [0.29, 0.717) is 5.56 Å². The molecule has 156 valence electrons. The molecule has 1 aliphatic carbocycles. The van der Waals surface area contributed by atoms with Crippen LogP contribution in [-0.4, -0.2) is 23.2 Å². The number of hydrogen-bond acceptors (Lipinski definition) is 3. The lowest BCUT2D eigenvalue weighted by atomic mass is 9.81. The van der Waals surface area contributed by atoms with Gasteiger partial charge in [-0.3, -0.25) is 0 Å². The van der Waals surface area contributed by atoms with Crippen LogP contribution < -0.4 is 5.32 Å². The molecule has 0 bridgehead atoms. The molecule has 1 heterocycles. The number of piperidine rings is 1. The van der Waals surface area contributed by atoms with Crippen LogP contribution in [0, 0.1) is 0 Å². The van der Waals surface area contributed by atoms with Gasteiger partial charge in [0.2, 0.25) is 0 Å². The van der Waals surface area contributed by atoms with Crippen molar-refractivity contribution in [2.45, 2.75) is 63.6 Å². The standard InChI is InChI=1S/C27H31NO2/c1-26(2)17-24(18-27(3,4)28-26)30-25(29)23-14-13-21-15-20(11-12-22(21)16-23)19-9-7-5-6-8-10-19/h5-16,19,24,28H,17-18H2,1-4H3. The zero-order valence-corrected chi connectivity index (χ0v) is 18.3. The second-order valence-electron chi connectivity index (χ2n) is 9.83. The molecule has 0 spiro atoms. The molecule has 2 aliphatic rings. The average Bonchev–Trinajstić information content (AvgIpc) is 2.94. The summed E-state index contributed by atoms with van der Waals surface area (Å²) in [6.45, 7) is 8.66. The molecule has 1 saturated heterocycles. The van der Waals surface area contributed by atoms with Crippen LogP contribution in [0.1, 0.15) is 62.4 Å². The van der Waals surface area contributed by atoms with Crippen molar-refractivity contribution < 1.29 is 9.53 Å². The maximum Gasteiger partial charge on any atom is 0.338 e. The van der Waals surface area contributed by atoms with Gasteiger partial charge in [-0.1, -0.05) is 60.7 Å². The number of hydrogen-bond donors (Lipinski definition) is 1. The maximum absolute atomic E-state index is 12.9. The Bertz CT molecular complexity index is 1010. The highest BCUT2D eigenvalue weighted by atomic mass is 16.5. The van der Waals surface area contributed by atoms with Crippen molar-refractivity contribution in [2.24, 2.45) is 0 Å². The zero-order valence-electron chi connectivity index (χ0n) is 18.3. The summed E-state index contributed by atoms with van der Waals surface area (Å²) in [6, 6.07) is 12.3. The van der Waals surface area contributed by atoms with E-state index in [1.54, 1.807) is 0 Å². The minimum atomic E-state index is -0.236. The molecule has 1 aliphatic heterocycles. The molecule has 4 rings (SSSR count). The van der Waals surface area contributed by atoms with Crippen molar-refractivity contribution in [1.82, 2.24) is 5.32 Å². The molecule has 0 unspecified atom stereocenters. The van der Waals surface area contributed by atoms with E-state index in [1.807, 2.05) is 30.4 Å². The predicted octanol–water partition coefficient (Wildman–Crippen LogP) is 6.07. The predicted molar refractivity (Wildman–Crippen MR) is 124 cm³/mol. The molecule has 0 saturated carbocycles. The number of nitrogens with one attached hydrogen (secondary N) is 1. The third kappa shape index (κ3) is 4.73. The monoisotopic (exact) mass is 401 g/mol. The Morgan fingerprint density at radius 3 is 2.13 bits per heavy atom. The summed E-state index contributed by atoms with van der Waals surface area (Å²) >= 11 is 0. The van der Waals surface area contributed by atoms with Gasteiger partial charge in [0.15, 0.2) is 0 Å². The number of carbonyl (C=O) groups excluding carboxylic acids is 1. The summed E-state index contributed by atoms with van der Waals surface area (Å²) in [5.41, 5.74) is 1.75. The lowest BCUT2D eigenvalue weighted by Crippen LogP contribution is -2.59. The first kappa shape index (κ1) is 20.6. The number of esters is 1. The Kier molecular flexibility index (Phi) is 5.42. The van der Waals surface area contributed by atoms with E-state index in [2.05, 4.69) is 75.5 Å². The quantitative estimate of drug-likeness (QED) is 0.634. The van der Waals surface area contributed by atoms with Gasteiger partial charge in [0.1, 0.15) is 6.10 Å². The fourth-order valence-electron chi connectivity index (χ4n) is 4.91. The van der Waals surface area contributed by atoms with Crippen LogP contribution in [0.15, 0.2) is 72.9 Å². The number of benzene rings is 2. The molecule has 2 aromatic carbocycles. The highest BCUT2D eigenvalue weighted by Gasteiger charge is 2.39. The second-order valence-corrected chi connectivity index (χ2v) is 9.83. The van der Waals surface area contributed by atoms with Crippen LogP contribution in [0.4, 0.5) is 0 Å². The van der Waals surface area contributed by atoms with E-state index in [9.17, 15) is 4.79 Å². The van der Waals surface area contributed by atoms with Crippen molar-refractivity contribution >= 4 is 16.7 Å². The first-order valence-corrected chi connectivity index (χ1v) is 10.8. The minimum Gasteiger partial charge on any atom is -0.459 e. The van der Waals surface area contributed by atoms with Gasteiger partial charge in [0.05, 0.1) is 5.56 Å². The summed E-state index contributed by atoms with van der Waals surface area (Å²) in [6.07, 6.45) is 14.2. The molecule has 0 aromatic heterocycles. The summed E-state index contributed by atoms with van der Waals surface area (Å²) in [5, 5.41) is 5.82. The van der Waals surface area contributed by atoms with Gasteiger partial charge < -0.3 is 10.1 Å². The van der Waals surface area contributed by atoms with Crippen LogP contribution in [0.5, 0.6) is 0 Å². The number of rotatable bonds is 3. The first-order chi connectivity index (χ1) is 14.2. The Morgan fingerprint density at radius 2 is 1.47 bits per heavy atom. The third-order valence-electron chi connectivity index (χ3n) is 5.88. The summed E-state index contributed by atoms with van der Waals surface area (Å²) in [5.74, 6) is 0.0286. The highest BCUT2D eigenvalue weighted by molar-refractivity contribution is 5.95. The largest absolute Gasteiger partial charge is 0.459 e. The molecule has 30 heavy (non-hydrogen) atoms. The Balaban J connectivity index is 1.52. The molecule has 1 N–H and O–H groups in total. The van der Waals surface area contributed by atoms with E-state index in [0.717, 1.165) is 23.6 Å². The topological polar surface area (TPSA) is 38.3 Å². The van der Waals surface area contributed by atoms with E-state index in [1.165, 1.54) is 5.56 Å². The van der Waals surface area contributed by atoms with Crippen LogP contribution in [0.3, 0.4) is 0 Å². The third-order valence-corrected chi connectivity index (χ3v) is 5.88. The smallest absolute Gasteiger partial charge is 0.338 e. The molecule has 2 aromatic rings. The Hall–Kier alpha value is -2.65. The van der Waals surface area contributed by atoms with Gasteiger partial charge in [0.25, 0.3) is 0 Å². The van der Waals surface area contributed by atoms with Crippen LogP contribution >= 0.6 is 0 Å². The molecular weight excluding hydrogens is 370 g/mol. The molecule has 1 fully saturated rings. The summed E-state index contributed by atoms with van der Waals surface area (Å²) < 4.78 is 5.93. The van der Waals surface area contributed by atoms with E-state index in [-0.39, 0.29) is 29.1 Å². The number of allylic oxidation sites excluding steroid dienone is 6. The second kappa shape index (κ2) is 7.88. The molecule has 0 amide bonds. The Labute approximate surface area is 179 Å². The van der Waals surface area contributed by atoms with Gasteiger partial charge in [0, 0.05) is 29.8 Å². The van der Waals surface area contributed by atoms with Crippen molar-refractivity contribution in [3.63, 3.8) is 0 Å². The van der Waals surface area contributed by atoms with Crippen molar-refractivity contribution in [2.75, 3.05) is 0 Å². The summed E-state index contributed by atoms with van der Waals surface area (Å²) in [4.78, 5) is 12.9. The van der Waals surface area contributed by atoms with E-state index >= 15 is 0 Å². The lowest BCUT2D eigenvalue weighted by Gasteiger charge is -2.45. The van der Waals surface area contributed by atoms with Crippen LogP contribution in [0.2, 0.25) is 0 Å². The zero-order chi connectivity index (χ0) is 21.4. The van der Waals surface area contributed by atoms with Crippen LogP contribution in [-0.2, 0) is 4.74 Å². The molecule has 3 nitrogen and oxygen atoms in total. The molecule has 3 heteroatoms. The normalized spacial score (nSPS) is 20.9. The van der Waals surface area contributed by atoms with Crippen LogP contribution in [0.25, 0.3) is 10.8 Å². The van der Waals surface area contributed by atoms with E-state index < -0.39 is 0 Å². The molecule has 0 radical (unpaired) electrons. The van der Waals surface area contributed by atoms with Crippen molar-refractivity contribution in [3.05, 3.63) is 84.0 Å². The minimum absolute atomic E-state index is 0.0527. The van der Waals surface area contributed by atoms with Gasteiger partial charge >= 0.3 is 5.97 Å². The Morgan fingerprint density at radius 1 is 0.867 bits per heavy atom. The van der Waals surface area contributed by atoms with Crippen molar-refractivity contribution in [3.8, 4) is 0 Å². The van der Waals surface area contributed by atoms with Crippen molar-refractivity contribution in [1.29, 1.82) is 0 Å². The number of fused-ring (bicyclic) bond motifs is 1. The molecule has 0 atom stereocenters. The van der Waals surface area contributed by atoms with Gasteiger partial charge in [-0.15, -0.1) is 0 Å². The summed E-state index contributed by atoms with van der Waals surface area (Å²) in [7, 11) is 0. The number of carbonyl (C=O) groups is 1. The average molecular weight is 402 g/mol. The van der Waals surface area contributed by atoms with E-state index in [4.69, 9.17) is 4.74 Å².